The molecule has 0 radical (unpaired) electrons. The molecule has 70 valence electrons. The van der Waals surface area contributed by atoms with Crippen molar-refractivity contribution in [3.8, 4) is 0 Å². The summed E-state index contributed by atoms with van der Waals surface area (Å²) in [7, 11) is 0. The minimum Gasteiger partial charge on any atom is -0.294 e. The van der Waals surface area contributed by atoms with Crippen LogP contribution in [-0.4, -0.2) is 10.8 Å². The summed E-state index contributed by atoms with van der Waals surface area (Å²) < 4.78 is 0.748. The first kappa shape index (κ1) is 10.4. The van der Waals surface area contributed by atoms with Gasteiger partial charge in [0.1, 0.15) is 4.60 Å². The molecule has 0 atom stereocenters. The second-order valence-corrected chi connectivity index (χ2v) is 4.76. The Kier molecular flexibility index (Phi) is 2.86. The lowest BCUT2D eigenvalue weighted by molar-refractivity contribution is 0.0858. The Hall–Kier alpha value is -0.700. The second kappa shape index (κ2) is 3.58. The van der Waals surface area contributed by atoms with Gasteiger partial charge in [0.2, 0.25) is 0 Å². The van der Waals surface area contributed by atoms with E-state index in [1.54, 1.807) is 18.3 Å². The molecule has 0 aliphatic carbocycles. The van der Waals surface area contributed by atoms with Crippen LogP contribution in [0.2, 0.25) is 0 Å². The summed E-state index contributed by atoms with van der Waals surface area (Å²) in [6.45, 7) is 5.70. The Bertz CT molecular complexity index is 311. The number of halogens is 1. The van der Waals surface area contributed by atoms with Crippen molar-refractivity contribution in [2.45, 2.75) is 20.8 Å². The van der Waals surface area contributed by atoms with Crippen molar-refractivity contribution in [2.75, 3.05) is 0 Å². The predicted molar refractivity (Wildman–Crippen MR) is 55.7 cm³/mol. The monoisotopic (exact) mass is 241 g/mol. The number of rotatable bonds is 1. The summed E-state index contributed by atoms with van der Waals surface area (Å²) in [5, 5.41) is 0. The van der Waals surface area contributed by atoms with Gasteiger partial charge in [-0.3, -0.25) is 4.79 Å². The number of aromatic nitrogens is 1. The average molecular weight is 242 g/mol. The fourth-order valence-electron chi connectivity index (χ4n) is 0.943. The fraction of sp³-hybridized carbons (Fsp3) is 0.400. The summed E-state index contributed by atoms with van der Waals surface area (Å²) in [4.78, 5) is 15.7. The van der Waals surface area contributed by atoms with E-state index in [9.17, 15) is 4.79 Å². The lowest BCUT2D eigenvalue weighted by Crippen LogP contribution is -2.20. The zero-order valence-electron chi connectivity index (χ0n) is 7.97. The molecule has 0 aliphatic rings. The first-order valence-electron chi connectivity index (χ1n) is 4.07. The van der Waals surface area contributed by atoms with Crippen LogP contribution >= 0.6 is 15.9 Å². The second-order valence-electron chi connectivity index (χ2n) is 3.95. The van der Waals surface area contributed by atoms with E-state index in [4.69, 9.17) is 0 Å². The minimum absolute atomic E-state index is 0.118. The maximum atomic E-state index is 11.7. The number of ketones is 1. The molecular formula is C10H12BrNO. The van der Waals surface area contributed by atoms with E-state index >= 15 is 0 Å². The van der Waals surface area contributed by atoms with E-state index in [0.29, 0.717) is 5.56 Å². The highest BCUT2D eigenvalue weighted by atomic mass is 79.9. The first-order valence-corrected chi connectivity index (χ1v) is 4.87. The Morgan fingerprint density at radius 2 is 2.00 bits per heavy atom. The third-order valence-corrected chi connectivity index (χ3v) is 2.14. The molecular weight excluding hydrogens is 230 g/mol. The van der Waals surface area contributed by atoms with E-state index in [1.807, 2.05) is 20.8 Å². The van der Waals surface area contributed by atoms with Crippen LogP contribution in [0.3, 0.4) is 0 Å². The molecule has 1 heterocycles. The number of hydrogen-bond acceptors (Lipinski definition) is 2. The Morgan fingerprint density at radius 1 is 1.38 bits per heavy atom. The molecule has 0 bridgehead atoms. The Morgan fingerprint density at radius 3 is 2.38 bits per heavy atom. The zero-order chi connectivity index (χ0) is 10.1. The van der Waals surface area contributed by atoms with Gasteiger partial charge in [0.05, 0.1) is 0 Å². The van der Waals surface area contributed by atoms with Crippen LogP contribution in [0, 0.1) is 5.41 Å². The van der Waals surface area contributed by atoms with Crippen LogP contribution in [0.25, 0.3) is 0 Å². The van der Waals surface area contributed by atoms with Crippen molar-refractivity contribution < 1.29 is 4.79 Å². The number of hydrogen-bond donors (Lipinski definition) is 0. The van der Waals surface area contributed by atoms with Gasteiger partial charge >= 0.3 is 0 Å². The molecule has 0 amide bonds. The lowest BCUT2D eigenvalue weighted by atomic mass is 9.87. The van der Waals surface area contributed by atoms with E-state index in [-0.39, 0.29) is 11.2 Å². The third-order valence-electron chi connectivity index (χ3n) is 1.67. The molecule has 0 unspecified atom stereocenters. The van der Waals surface area contributed by atoms with Crippen LogP contribution in [0.4, 0.5) is 0 Å². The van der Waals surface area contributed by atoms with Crippen LogP contribution in [0.15, 0.2) is 22.9 Å². The summed E-state index contributed by atoms with van der Waals surface area (Å²) in [5.74, 6) is 0.118. The topological polar surface area (TPSA) is 30.0 Å². The highest BCUT2D eigenvalue weighted by Crippen LogP contribution is 2.20. The van der Waals surface area contributed by atoms with Crippen molar-refractivity contribution in [2.24, 2.45) is 5.41 Å². The van der Waals surface area contributed by atoms with E-state index in [2.05, 4.69) is 20.9 Å². The Balaban J connectivity index is 2.97. The molecule has 0 fully saturated rings. The minimum atomic E-state index is -0.338. The van der Waals surface area contributed by atoms with E-state index in [0.717, 1.165) is 4.60 Å². The Labute approximate surface area is 86.5 Å². The van der Waals surface area contributed by atoms with Gasteiger partial charge in [0.15, 0.2) is 5.78 Å². The molecule has 0 aromatic carbocycles. The van der Waals surface area contributed by atoms with Crippen molar-refractivity contribution in [1.29, 1.82) is 0 Å². The van der Waals surface area contributed by atoms with Gasteiger partial charge in [0, 0.05) is 17.2 Å². The van der Waals surface area contributed by atoms with Crippen LogP contribution in [-0.2, 0) is 0 Å². The van der Waals surface area contributed by atoms with Crippen LogP contribution < -0.4 is 0 Å². The van der Waals surface area contributed by atoms with Gasteiger partial charge < -0.3 is 0 Å². The number of nitrogens with zero attached hydrogens (tertiary/aromatic N) is 1. The van der Waals surface area contributed by atoms with Crippen LogP contribution in [0.5, 0.6) is 0 Å². The number of carbonyl (C=O) groups excluding carboxylic acids is 1. The highest BCUT2D eigenvalue weighted by molar-refractivity contribution is 9.10. The molecule has 0 N–H and O–H groups in total. The normalized spacial score (nSPS) is 11.4. The number of pyridine rings is 1. The van der Waals surface area contributed by atoms with E-state index < -0.39 is 0 Å². The molecule has 0 saturated heterocycles. The third kappa shape index (κ3) is 2.62. The molecule has 2 nitrogen and oxygen atoms in total. The zero-order valence-corrected chi connectivity index (χ0v) is 9.55. The molecule has 0 saturated carbocycles. The van der Waals surface area contributed by atoms with Crippen LogP contribution in [0.1, 0.15) is 31.1 Å². The van der Waals surface area contributed by atoms with Crippen molar-refractivity contribution in [3.63, 3.8) is 0 Å². The molecule has 13 heavy (non-hydrogen) atoms. The summed E-state index contributed by atoms with van der Waals surface area (Å²) in [6, 6.07) is 3.56. The van der Waals surface area contributed by atoms with Crippen molar-refractivity contribution in [1.82, 2.24) is 4.98 Å². The predicted octanol–water partition coefficient (Wildman–Crippen LogP) is 3.07. The average Bonchev–Trinajstić information content (AvgIpc) is 2.03. The lowest BCUT2D eigenvalue weighted by Gasteiger charge is -2.15. The highest BCUT2D eigenvalue weighted by Gasteiger charge is 2.22. The SMILES string of the molecule is CC(C)(C)C(=O)c1ccc(Br)nc1. The molecule has 0 spiro atoms. The molecule has 1 aromatic heterocycles. The smallest absolute Gasteiger partial charge is 0.169 e. The van der Waals surface area contributed by atoms with Gasteiger partial charge in [-0.25, -0.2) is 4.98 Å². The molecule has 3 heteroatoms. The summed E-state index contributed by atoms with van der Waals surface area (Å²) in [5.41, 5.74) is 0.325. The largest absolute Gasteiger partial charge is 0.294 e. The summed E-state index contributed by atoms with van der Waals surface area (Å²) >= 11 is 3.22. The van der Waals surface area contributed by atoms with Gasteiger partial charge in [-0.1, -0.05) is 20.8 Å². The van der Waals surface area contributed by atoms with Crippen molar-refractivity contribution >= 4 is 21.7 Å². The number of carbonyl (C=O) groups is 1. The van der Waals surface area contributed by atoms with Gasteiger partial charge in [-0.15, -0.1) is 0 Å². The quantitative estimate of drug-likeness (QED) is 0.559. The standard InChI is InChI=1S/C10H12BrNO/c1-10(2,3)9(13)7-4-5-8(11)12-6-7/h4-6H,1-3H3. The fourth-order valence-corrected chi connectivity index (χ4v) is 1.18. The molecule has 1 aromatic rings. The molecule has 0 aliphatic heterocycles. The van der Waals surface area contributed by atoms with Gasteiger partial charge in [-0.2, -0.15) is 0 Å². The molecule has 1 rings (SSSR count). The van der Waals surface area contributed by atoms with Gasteiger partial charge in [-0.05, 0) is 28.1 Å². The first-order chi connectivity index (χ1) is 5.91. The number of Topliss-reactive ketones (excluding diaryl/α,β-unsaturated/α-hetero) is 1. The summed E-state index contributed by atoms with van der Waals surface area (Å²) in [6.07, 6.45) is 1.59. The maximum Gasteiger partial charge on any atom is 0.169 e. The van der Waals surface area contributed by atoms with Crippen molar-refractivity contribution in [3.05, 3.63) is 28.5 Å². The maximum absolute atomic E-state index is 11.7. The van der Waals surface area contributed by atoms with E-state index in [1.165, 1.54) is 0 Å². The van der Waals surface area contributed by atoms with Gasteiger partial charge in [0.25, 0.3) is 0 Å².